The lowest BCUT2D eigenvalue weighted by Gasteiger charge is -1.81. The molecule has 1 aromatic carbocycles. The number of aromatic nitrogens is 4. The molecular formula is C20H24BFN4. The lowest BCUT2D eigenvalue weighted by molar-refractivity contribution is 0.902. The summed E-state index contributed by atoms with van der Waals surface area (Å²) in [6.45, 7) is 0. The molecule has 5 rings (SSSR count). The third-order valence-corrected chi connectivity index (χ3v) is 2.96. The van der Waals surface area contributed by atoms with Crippen molar-refractivity contribution in [2.45, 2.75) is 0 Å². The number of hydrogen-bond acceptors (Lipinski definition) is 0. The summed E-state index contributed by atoms with van der Waals surface area (Å²) in [5, 5.41) is 2.55. The topological polar surface area (TPSA) is 63.2 Å². The molecule has 4 nitrogen and oxygen atoms in total. The van der Waals surface area contributed by atoms with Gasteiger partial charge >= 0.3 is 8.12 Å². The van der Waals surface area contributed by atoms with Crippen LogP contribution in [-0.4, -0.2) is 28.1 Å². The second kappa shape index (κ2) is 15.1. The summed E-state index contributed by atoms with van der Waals surface area (Å²) < 4.78 is 9.50. The molecule has 0 atom stereocenters. The van der Waals surface area contributed by atoms with Gasteiger partial charge in [0.1, 0.15) is 0 Å². The van der Waals surface area contributed by atoms with E-state index in [0.717, 1.165) is 0 Å². The zero-order valence-corrected chi connectivity index (χ0v) is 14.8. The average molecular weight is 350 g/mol. The molecule has 6 heteroatoms. The highest BCUT2D eigenvalue weighted by Gasteiger charge is 1.86. The van der Waals surface area contributed by atoms with Crippen molar-refractivity contribution in [2.75, 3.05) is 0 Å². The number of hydrogen-bond donors (Lipinski definition) is 4. The van der Waals surface area contributed by atoms with Crippen LogP contribution in [0.25, 0.3) is 10.8 Å². The molecular weight excluding hydrogens is 326 g/mol. The van der Waals surface area contributed by atoms with Crippen molar-refractivity contribution >= 4 is 18.9 Å². The van der Waals surface area contributed by atoms with Gasteiger partial charge in [0.25, 0.3) is 0 Å². The van der Waals surface area contributed by atoms with Crippen LogP contribution in [0.1, 0.15) is 0 Å². The molecule has 0 radical (unpaired) electrons. The van der Waals surface area contributed by atoms with Gasteiger partial charge in [-0.15, -0.1) is 0 Å². The second-order valence-electron chi connectivity index (χ2n) is 4.74. The molecule has 4 N–H and O–H groups in total. The van der Waals surface area contributed by atoms with Crippen LogP contribution in [0.15, 0.2) is 110 Å². The van der Waals surface area contributed by atoms with Gasteiger partial charge in [0.05, 0.1) is 0 Å². The van der Waals surface area contributed by atoms with Crippen LogP contribution < -0.4 is 0 Å². The Morgan fingerprint density at radius 3 is 1.00 bits per heavy atom. The molecule has 0 saturated heterocycles. The quantitative estimate of drug-likeness (QED) is 0.292. The van der Waals surface area contributed by atoms with Crippen LogP contribution in [0.4, 0.5) is 4.32 Å². The molecule has 4 heterocycles. The van der Waals surface area contributed by atoms with Crippen molar-refractivity contribution in [1.29, 1.82) is 0 Å². The van der Waals surface area contributed by atoms with Crippen molar-refractivity contribution < 1.29 is 4.32 Å². The van der Waals surface area contributed by atoms with Crippen LogP contribution in [0.5, 0.6) is 0 Å². The Morgan fingerprint density at radius 2 is 0.769 bits per heavy atom. The van der Waals surface area contributed by atoms with Crippen molar-refractivity contribution in [3.05, 3.63) is 110 Å². The van der Waals surface area contributed by atoms with Crippen molar-refractivity contribution in [3.63, 3.8) is 0 Å². The SMILES string of the molecule is BF.c1cc[nH]c1.c1cc[nH]c1.c1cc[nH]c1.c1ccc2c[nH]cc2c1. The first kappa shape index (κ1) is 20.6. The smallest absolute Gasteiger partial charge is 0.314 e. The zero-order chi connectivity index (χ0) is 18.7. The predicted molar refractivity (Wildman–Crippen MR) is 110 cm³/mol. The normalized spacial score (nSPS) is 8.35. The Bertz CT molecular complexity index is 678. The van der Waals surface area contributed by atoms with Gasteiger partial charge in [-0.2, -0.15) is 0 Å². The number of benzene rings is 1. The first-order valence-electron chi connectivity index (χ1n) is 8.09. The standard InChI is InChI=1S/C8H7N.3C4H5N.BFH2/c1-2-4-8-6-9-5-7(8)3-1;3*1-2-4-5-3-1;1-2/h1-6,9H;3*1-5H;1H2. The number of fused-ring (bicyclic) bond motifs is 1. The minimum absolute atomic E-state index is 0.500. The van der Waals surface area contributed by atoms with E-state index in [1.54, 1.807) is 0 Å². The van der Waals surface area contributed by atoms with Crippen LogP contribution in [0.2, 0.25) is 0 Å². The minimum Gasteiger partial charge on any atom is -0.368 e. The Morgan fingerprint density at radius 1 is 0.462 bits per heavy atom. The Labute approximate surface area is 154 Å². The molecule has 5 aromatic rings. The Hall–Kier alpha value is -3.41. The summed E-state index contributed by atoms with van der Waals surface area (Å²) in [6, 6.07) is 19.9. The highest BCUT2D eigenvalue weighted by atomic mass is 19.1. The van der Waals surface area contributed by atoms with Gasteiger partial charge in [0.15, 0.2) is 0 Å². The van der Waals surface area contributed by atoms with Crippen molar-refractivity contribution in [2.24, 2.45) is 0 Å². The third-order valence-electron chi connectivity index (χ3n) is 2.96. The van der Waals surface area contributed by atoms with Crippen LogP contribution in [0.3, 0.4) is 0 Å². The van der Waals surface area contributed by atoms with Crippen LogP contribution in [0, 0.1) is 0 Å². The number of halogens is 1. The van der Waals surface area contributed by atoms with E-state index in [-0.39, 0.29) is 0 Å². The molecule has 0 fully saturated rings. The van der Waals surface area contributed by atoms with Gasteiger partial charge in [-0.05, 0) is 47.2 Å². The average Bonchev–Trinajstić information content (AvgIpc) is 3.52. The highest BCUT2D eigenvalue weighted by Crippen LogP contribution is 2.10. The summed E-state index contributed by atoms with van der Waals surface area (Å²) in [6.07, 6.45) is 15.2. The maximum Gasteiger partial charge on any atom is 0.314 e. The maximum atomic E-state index is 9.50. The fourth-order valence-corrected chi connectivity index (χ4v) is 1.83. The van der Waals surface area contributed by atoms with Gasteiger partial charge in [0, 0.05) is 49.6 Å². The summed E-state index contributed by atoms with van der Waals surface area (Å²) in [5.74, 6) is 0. The molecule has 134 valence electrons. The molecule has 26 heavy (non-hydrogen) atoms. The Balaban J connectivity index is 0.000000175. The van der Waals surface area contributed by atoms with Crippen molar-refractivity contribution in [1.82, 2.24) is 19.9 Å². The first-order valence-corrected chi connectivity index (χ1v) is 8.09. The summed E-state index contributed by atoms with van der Waals surface area (Å²) >= 11 is 0. The second-order valence-corrected chi connectivity index (χ2v) is 4.74. The molecule has 4 aromatic heterocycles. The number of H-pyrrole nitrogens is 4. The number of aromatic amines is 4. The lowest BCUT2D eigenvalue weighted by Crippen LogP contribution is -1.57. The van der Waals surface area contributed by atoms with E-state index in [1.165, 1.54) is 10.8 Å². The minimum atomic E-state index is 0.500. The highest BCUT2D eigenvalue weighted by molar-refractivity contribution is 5.96. The zero-order valence-electron chi connectivity index (χ0n) is 14.8. The van der Waals surface area contributed by atoms with Gasteiger partial charge in [-0.1, -0.05) is 24.3 Å². The molecule has 0 unspecified atom stereocenters. The molecule has 0 aliphatic carbocycles. The third kappa shape index (κ3) is 9.67. The molecule has 0 aliphatic rings. The van der Waals surface area contributed by atoms with Gasteiger partial charge < -0.3 is 24.3 Å². The van der Waals surface area contributed by atoms with E-state index in [4.69, 9.17) is 0 Å². The fourth-order valence-electron chi connectivity index (χ4n) is 1.83. The predicted octanol–water partition coefficient (Wildman–Crippen LogP) is 4.72. The molecule has 0 aliphatic heterocycles. The number of nitrogens with one attached hydrogen (secondary N) is 4. The lowest BCUT2D eigenvalue weighted by atomic mass is 10.2. The first-order chi connectivity index (χ1) is 13.0. The molecule has 0 amide bonds. The summed E-state index contributed by atoms with van der Waals surface area (Å²) in [5.41, 5.74) is 0. The molecule has 0 bridgehead atoms. The van der Waals surface area contributed by atoms with Gasteiger partial charge in [-0.25, -0.2) is 0 Å². The number of rotatable bonds is 0. The van der Waals surface area contributed by atoms with E-state index in [1.807, 2.05) is 98.1 Å². The molecule has 0 spiro atoms. The van der Waals surface area contributed by atoms with E-state index in [0.29, 0.717) is 8.12 Å². The van der Waals surface area contributed by atoms with Crippen LogP contribution in [-0.2, 0) is 0 Å². The van der Waals surface area contributed by atoms with E-state index in [2.05, 4.69) is 32.1 Å². The maximum absolute atomic E-state index is 9.50. The monoisotopic (exact) mass is 350 g/mol. The van der Waals surface area contributed by atoms with Crippen LogP contribution >= 0.6 is 0 Å². The largest absolute Gasteiger partial charge is 0.368 e. The van der Waals surface area contributed by atoms with E-state index >= 15 is 0 Å². The van der Waals surface area contributed by atoms with Gasteiger partial charge in [-0.3, -0.25) is 0 Å². The van der Waals surface area contributed by atoms with E-state index < -0.39 is 0 Å². The van der Waals surface area contributed by atoms with Gasteiger partial charge in [0.2, 0.25) is 0 Å². The molecule has 0 saturated carbocycles. The summed E-state index contributed by atoms with van der Waals surface area (Å²) in [7, 11) is 0.500. The Kier molecular flexibility index (Phi) is 12.0. The van der Waals surface area contributed by atoms with Crippen molar-refractivity contribution in [3.8, 4) is 0 Å². The fraction of sp³-hybridized carbons (Fsp3) is 0. The van der Waals surface area contributed by atoms with E-state index in [9.17, 15) is 4.32 Å². The summed E-state index contributed by atoms with van der Waals surface area (Å²) in [4.78, 5) is 11.6.